The Labute approximate surface area is 109 Å². The van der Waals surface area contributed by atoms with Gasteiger partial charge in [0, 0.05) is 0 Å². The molecule has 1 aromatic rings. The molecule has 5 N–H and O–H groups in total. The van der Waals surface area contributed by atoms with Crippen LogP contribution in [-0.2, 0) is 0 Å². The number of rotatable bonds is 5. The zero-order valence-corrected chi connectivity index (χ0v) is 10.2. The molecule has 0 unspecified atom stereocenters. The quantitative estimate of drug-likeness (QED) is 0.495. The Hall–Kier alpha value is -1.11. The van der Waals surface area contributed by atoms with Crippen LogP contribution in [-0.4, -0.2) is 50.5 Å². The predicted octanol–water partition coefficient (Wildman–Crippen LogP) is 0.227. The lowest BCUT2D eigenvalue weighted by Gasteiger charge is -2.21. The second-order valence-electron chi connectivity index (χ2n) is 3.75. The molecule has 0 amide bonds. The van der Waals surface area contributed by atoms with Gasteiger partial charge in [-0.15, -0.1) is 0 Å². The summed E-state index contributed by atoms with van der Waals surface area (Å²) in [7, 11) is 0. The molecule has 3 atom stereocenters. The smallest absolute Gasteiger partial charge is 0.143 e. The number of benzene rings is 1. The fourth-order valence-electron chi connectivity index (χ4n) is 1.34. The standard InChI is InChI=1S/C12H15ClO5/c13-9(7-4-2-1-3-5-7)11(17)12(18)10(16)8(15)6-14/h1-5,8,10,12,14-18H,6H2/t8-,10+,12-/m1/s1. The van der Waals surface area contributed by atoms with Crippen LogP contribution in [0.25, 0.3) is 5.03 Å². The molecule has 0 heterocycles. The molecule has 18 heavy (non-hydrogen) atoms. The normalized spacial score (nSPS) is 17.8. The van der Waals surface area contributed by atoms with Gasteiger partial charge in [-0.2, -0.15) is 0 Å². The number of aliphatic hydroxyl groups is 5. The molecule has 1 rings (SSSR count). The van der Waals surface area contributed by atoms with Gasteiger partial charge >= 0.3 is 0 Å². The van der Waals surface area contributed by atoms with E-state index in [1.165, 1.54) is 0 Å². The van der Waals surface area contributed by atoms with Crippen LogP contribution in [0.3, 0.4) is 0 Å². The maximum atomic E-state index is 9.70. The van der Waals surface area contributed by atoms with Crippen LogP contribution in [0.2, 0.25) is 0 Å². The highest BCUT2D eigenvalue weighted by Gasteiger charge is 2.29. The highest BCUT2D eigenvalue weighted by atomic mass is 35.5. The molecule has 0 saturated carbocycles. The third-order valence-corrected chi connectivity index (χ3v) is 2.85. The molecule has 0 aliphatic carbocycles. The summed E-state index contributed by atoms with van der Waals surface area (Å²) in [6.45, 7) is -0.742. The van der Waals surface area contributed by atoms with E-state index in [0.29, 0.717) is 5.56 Å². The van der Waals surface area contributed by atoms with E-state index in [1.807, 2.05) is 0 Å². The van der Waals surface area contributed by atoms with Crippen molar-refractivity contribution in [3.63, 3.8) is 0 Å². The van der Waals surface area contributed by atoms with E-state index in [0.717, 1.165) is 0 Å². The van der Waals surface area contributed by atoms with Gasteiger partial charge < -0.3 is 25.5 Å². The van der Waals surface area contributed by atoms with E-state index in [4.69, 9.17) is 21.8 Å². The largest absolute Gasteiger partial charge is 0.508 e. The third-order valence-electron chi connectivity index (χ3n) is 2.44. The minimum absolute atomic E-state index is 0.132. The van der Waals surface area contributed by atoms with Crippen LogP contribution in [0.5, 0.6) is 0 Å². The zero-order chi connectivity index (χ0) is 13.7. The van der Waals surface area contributed by atoms with Gasteiger partial charge in [0.2, 0.25) is 0 Å². The van der Waals surface area contributed by atoms with Crippen LogP contribution < -0.4 is 0 Å². The van der Waals surface area contributed by atoms with E-state index in [-0.39, 0.29) is 5.03 Å². The zero-order valence-electron chi connectivity index (χ0n) is 9.44. The highest BCUT2D eigenvalue weighted by molar-refractivity contribution is 6.49. The number of hydrogen-bond acceptors (Lipinski definition) is 5. The lowest BCUT2D eigenvalue weighted by atomic mass is 10.0. The second-order valence-corrected chi connectivity index (χ2v) is 4.13. The summed E-state index contributed by atoms with van der Waals surface area (Å²) in [5, 5.41) is 46.4. The van der Waals surface area contributed by atoms with Crippen molar-refractivity contribution >= 4 is 16.6 Å². The maximum absolute atomic E-state index is 9.70. The molecule has 0 spiro atoms. The summed E-state index contributed by atoms with van der Waals surface area (Å²) in [6, 6.07) is 8.36. The third kappa shape index (κ3) is 3.44. The van der Waals surface area contributed by atoms with E-state index in [2.05, 4.69) is 0 Å². The first-order valence-electron chi connectivity index (χ1n) is 5.28. The van der Waals surface area contributed by atoms with Crippen LogP contribution in [0.4, 0.5) is 0 Å². The second kappa shape index (κ2) is 6.72. The summed E-state index contributed by atoms with van der Waals surface area (Å²) >= 11 is 5.86. The summed E-state index contributed by atoms with van der Waals surface area (Å²) in [4.78, 5) is 0. The van der Waals surface area contributed by atoms with Gasteiger partial charge in [0.05, 0.1) is 11.6 Å². The molecule has 1 aromatic carbocycles. The fraction of sp³-hybridized carbons (Fsp3) is 0.333. The van der Waals surface area contributed by atoms with Gasteiger partial charge in [-0.05, 0) is 5.56 Å². The molecule has 0 aliphatic heterocycles. The van der Waals surface area contributed by atoms with E-state index in [9.17, 15) is 15.3 Å². The molecule has 0 aliphatic rings. The Morgan fingerprint density at radius 1 is 1.11 bits per heavy atom. The minimum atomic E-state index is -1.78. The van der Waals surface area contributed by atoms with Crippen molar-refractivity contribution in [3.05, 3.63) is 41.7 Å². The van der Waals surface area contributed by atoms with Crippen molar-refractivity contribution < 1.29 is 25.5 Å². The van der Waals surface area contributed by atoms with Crippen molar-refractivity contribution in [2.75, 3.05) is 6.61 Å². The molecule has 0 fully saturated rings. The van der Waals surface area contributed by atoms with Crippen LogP contribution in [0.1, 0.15) is 5.56 Å². The number of halogens is 1. The fourth-order valence-corrected chi connectivity index (χ4v) is 1.58. The highest BCUT2D eigenvalue weighted by Crippen LogP contribution is 2.24. The number of aliphatic hydroxyl groups excluding tert-OH is 5. The minimum Gasteiger partial charge on any atom is -0.508 e. The van der Waals surface area contributed by atoms with Gasteiger partial charge in [-0.1, -0.05) is 41.9 Å². The van der Waals surface area contributed by atoms with Gasteiger partial charge in [0.15, 0.2) is 0 Å². The molecule has 0 bridgehead atoms. The van der Waals surface area contributed by atoms with E-state index in [1.54, 1.807) is 30.3 Å². The topological polar surface area (TPSA) is 101 Å². The van der Waals surface area contributed by atoms with Crippen molar-refractivity contribution in [2.24, 2.45) is 0 Å². The molecule has 0 saturated heterocycles. The first kappa shape index (κ1) is 14.9. The summed E-state index contributed by atoms with van der Waals surface area (Å²) in [5.74, 6) is -0.664. The Kier molecular flexibility index (Phi) is 5.58. The van der Waals surface area contributed by atoms with Crippen molar-refractivity contribution in [1.82, 2.24) is 0 Å². The average Bonchev–Trinajstić information content (AvgIpc) is 2.44. The number of hydrogen-bond donors (Lipinski definition) is 5. The Bertz CT molecular complexity index is 406. The molecule has 6 heteroatoms. The molecule has 0 radical (unpaired) electrons. The van der Waals surface area contributed by atoms with Gasteiger partial charge in [0.25, 0.3) is 0 Å². The first-order chi connectivity index (χ1) is 8.49. The lowest BCUT2D eigenvalue weighted by molar-refractivity contribution is -0.0736. The van der Waals surface area contributed by atoms with Crippen molar-refractivity contribution in [1.29, 1.82) is 0 Å². The molecular formula is C12H15ClO5. The predicted molar refractivity (Wildman–Crippen MR) is 67.0 cm³/mol. The molecule has 5 nitrogen and oxygen atoms in total. The Balaban J connectivity index is 2.94. The van der Waals surface area contributed by atoms with E-state index < -0.39 is 30.7 Å². The molecule has 0 aromatic heterocycles. The van der Waals surface area contributed by atoms with Gasteiger partial charge in [-0.25, -0.2) is 0 Å². The van der Waals surface area contributed by atoms with Gasteiger partial charge in [0.1, 0.15) is 24.1 Å². The van der Waals surface area contributed by atoms with Crippen LogP contribution >= 0.6 is 11.6 Å². The maximum Gasteiger partial charge on any atom is 0.143 e. The van der Waals surface area contributed by atoms with Crippen LogP contribution in [0, 0.1) is 0 Å². The van der Waals surface area contributed by atoms with Gasteiger partial charge in [-0.3, -0.25) is 0 Å². The molecular weight excluding hydrogens is 260 g/mol. The first-order valence-corrected chi connectivity index (χ1v) is 5.66. The SMILES string of the molecule is OC[C@@H](O)[C@H](O)[C@@H](O)C(O)=C(Cl)c1ccccc1. The monoisotopic (exact) mass is 274 g/mol. The summed E-state index contributed by atoms with van der Waals surface area (Å²) < 4.78 is 0. The van der Waals surface area contributed by atoms with Crippen molar-refractivity contribution in [3.8, 4) is 0 Å². The summed E-state index contributed by atoms with van der Waals surface area (Å²) in [5.41, 5.74) is 0.460. The Morgan fingerprint density at radius 3 is 2.17 bits per heavy atom. The average molecular weight is 275 g/mol. The van der Waals surface area contributed by atoms with Crippen molar-refractivity contribution in [2.45, 2.75) is 18.3 Å². The van der Waals surface area contributed by atoms with Crippen LogP contribution in [0.15, 0.2) is 36.1 Å². The lowest BCUT2D eigenvalue weighted by Crippen LogP contribution is -2.40. The Morgan fingerprint density at radius 2 is 1.67 bits per heavy atom. The molecule has 100 valence electrons. The summed E-state index contributed by atoms with van der Waals surface area (Å²) in [6.07, 6.45) is -5.07. The van der Waals surface area contributed by atoms with E-state index >= 15 is 0 Å².